The van der Waals surface area contributed by atoms with Crippen LogP contribution in [0.4, 0.5) is 4.39 Å². The first-order valence-electron chi connectivity index (χ1n) is 5.13. The summed E-state index contributed by atoms with van der Waals surface area (Å²) in [5.41, 5.74) is 7.38. The number of aryl methyl sites for hydroxylation is 1. The maximum Gasteiger partial charge on any atom is 0.108 e. The van der Waals surface area contributed by atoms with Crippen LogP contribution in [0.5, 0.6) is 0 Å². The van der Waals surface area contributed by atoms with Gasteiger partial charge in [-0.1, -0.05) is 30.7 Å². The third kappa shape index (κ3) is 3.47. The number of alkyl halides is 1. The standard InChI is InChI=1S/C12H17ClFN/c1-8-5-10(3-4-11(8)13)6-12(14)9(2)7-15/h3-5,9,12H,6-7,15H2,1-2H3. The predicted molar refractivity (Wildman–Crippen MR) is 63.0 cm³/mol. The molecule has 0 fully saturated rings. The van der Waals surface area contributed by atoms with Gasteiger partial charge >= 0.3 is 0 Å². The van der Waals surface area contributed by atoms with Crippen molar-refractivity contribution in [1.82, 2.24) is 0 Å². The molecule has 0 bridgehead atoms. The van der Waals surface area contributed by atoms with Gasteiger partial charge in [0.1, 0.15) is 6.17 Å². The maximum atomic E-state index is 13.6. The van der Waals surface area contributed by atoms with Crippen molar-refractivity contribution in [1.29, 1.82) is 0 Å². The molecule has 1 rings (SSSR count). The van der Waals surface area contributed by atoms with Crippen LogP contribution in [-0.4, -0.2) is 12.7 Å². The van der Waals surface area contributed by atoms with Gasteiger partial charge in [-0.25, -0.2) is 4.39 Å². The van der Waals surface area contributed by atoms with E-state index in [0.29, 0.717) is 13.0 Å². The number of benzene rings is 1. The van der Waals surface area contributed by atoms with Crippen molar-refractivity contribution in [2.45, 2.75) is 26.4 Å². The summed E-state index contributed by atoms with van der Waals surface area (Å²) in [6, 6.07) is 5.61. The van der Waals surface area contributed by atoms with Crippen LogP contribution in [0.2, 0.25) is 5.02 Å². The van der Waals surface area contributed by atoms with E-state index in [4.69, 9.17) is 17.3 Å². The lowest BCUT2D eigenvalue weighted by atomic mass is 9.98. The Morgan fingerprint density at radius 2 is 2.13 bits per heavy atom. The molecule has 0 aliphatic rings. The smallest absolute Gasteiger partial charge is 0.108 e. The zero-order valence-electron chi connectivity index (χ0n) is 9.13. The van der Waals surface area contributed by atoms with Crippen LogP contribution in [-0.2, 0) is 6.42 Å². The van der Waals surface area contributed by atoms with E-state index >= 15 is 0 Å². The van der Waals surface area contributed by atoms with Crippen LogP contribution in [0.15, 0.2) is 18.2 Å². The van der Waals surface area contributed by atoms with Crippen molar-refractivity contribution in [2.75, 3.05) is 6.54 Å². The molecule has 15 heavy (non-hydrogen) atoms. The Morgan fingerprint density at radius 1 is 1.47 bits per heavy atom. The van der Waals surface area contributed by atoms with Gasteiger partial charge in [-0.05, 0) is 36.6 Å². The van der Waals surface area contributed by atoms with E-state index in [0.717, 1.165) is 16.1 Å². The quantitative estimate of drug-likeness (QED) is 0.844. The Morgan fingerprint density at radius 3 is 2.67 bits per heavy atom. The molecule has 0 aliphatic heterocycles. The second kappa shape index (κ2) is 5.47. The van der Waals surface area contributed by atoms with Crippen molar-refractivity contribution in [2.24, 2.45) is 11.7 Å². The van der Waals surface area contributed by atoms with E-state index in [1.54, 1.807) is 0 Å². The lowest BCUT2D eigenvalue weighted by Gasteiger charge is -2.14. The lowest BCUT2D eigenvalue weighted by Crippen LogP contribution is -2.23. The number of nitrogens with two attached hydrogens (primary N) is 1. The van der Waals surface area contributed by atoms with Gasteiger partial charge in [0, 0.05) is 11.4 Å². The molecule has 0 saturated heterocycles. The van der Waals surface area contributed by atoms with Gasteiger partial charge in [0.2, 0.25) is 0 Å². The molecule has 0 radical (unpaired) electrons. The minimum Gasteiger partial charge on any atom is -0.330 e. The number of hydrogen-bond donors (Lipinski definition) is 1. The van der Waals surface area contributed by atoms with Crippen LogP contribution in [0.25, 0.3) is 0 Å². The molecule has 3 heteroatoms. The second-order valence-corrected chi connectivity index (χ2v) is 4.42. The first-order valence-corrected chi connectivity index (χ1v) is 5.51. The summed E-state index contributed by atoms with van der Waals surface area (Å²) < 4.78 is 13.6. The molecule has 0 saturated carbocycles. The highest BCUT2D eigenvalue weighted by molar-refractivity contribution is 6.31. The highest BCUT2D eigenvalue weighted by Crippen LogP contribution is 2.19. The molecule has 0 amide bonds. The molecule has 0 aromatic heterocycles. The number of halogens is 2. The van der Waals surface area contributed by atoms with Crippen molar-refractivity contribution in [3.63, 3.8) is 0 Å². The zero-order chi connectivity index (χ0) is 11.4. The Labute approximate surface area is 95.4 Å². The molecular formula is C12H17ClFN. The molecule has 0 aliphatic carbocycles. The molecule has 1 aromatic carbocycles. The van der Waals surface area contributed by atoms with E-state index in [-0.39, 0.29) is 5.92 Å². The van der Waals surface area contributed by atoms with E-state index in [1.807, 2.05) is 32.0 Å². The van der Waals surface area contributed by atoms with Crippen molar-refractivity contribution in [3.8, 4) is 0 Å². The molecule has 2 N–H and O–H groups in total. The summed E-state index contributed by atoms with van der Waals surface area (Å²) in [6.45, 7) is 4.13. The van der Waals surface area contributed by atoms with Gasteiger partial charge in [0.25, 0.3) is 0 Å². The van der Waals surface area contributed by atoms with Gasteiger partial charge in [0.05, 0.1) is 0 Å². The highest BCUT2D eigenvalue weighted by Gasteiger charge is 2.15. The Hall–Kier alpha value is -0.600. The highest BCUT2D eigenvalue weighted by atomic mass is 35.5. The van der Waals surface area contributed by atoms with E-state index < -0.39 is 6.17 Å². The van der Waals surface area contributed by atoms with E-state index in [2.05, 4.69) is 0 Å². The van der Waals surface area contributed by atoms with Crippen LogP contribution in [0.3, 0.4) is 0 Å². The summed E-state index contributed by atoms with van der Waals surface area (Å²) in [7, 11) is 0. The third-order valence-corrected chi connectivity index (χ3v) is 3.07. The van der Waals surface area contributed by atoms with E-state index in [9.17, 15) is 4.39 Å². The first-order chi connectivity index (χ1) is 7.04. The predicted octanol–water partition coefficient (Wildman–Crippen LogP) is 3.12. The van der Waals surface area contributed by atoms with Crippen LogP contribution in [0, 0.1) is 12.8 Å². The Bertz CT molecular complexity index is 327. The molecule has 1 nitrogen and oxygen atoms in total. The largest absolute Gasteiger partial charge is 0.330 e. The monoisotopic (exact) mass is 229 g/mol. The summed E-state index contributed by atoms with van der Waals surface area (Å²) >= 11 is 5.89. The van der Waals surface area contributed by atoms with Crippen molar-refractivity contribution in [3.05, 3.63) is 34.3 Å². The van der Waals surface area contributed by atoms with Gasteiger partial charge in [-0.3, -0.25) is 0 Å². The van der Waals surface area contributed by atoms with Gasteiger partial charge in [0.15, 0.2) is 0 Å². The summed E-state index contributed by atoms with van der Waals surface area (Å²) in [6.07, 6.45) is -0.466. The average Bonchev–Trinajstić information content (AvgIpc) is 2.22. The topological polar surface area (TPSA) is 26.0 Å². The fraction of sp³-hybridized carbons (Fsp3) is 0.500. The van der Waals surface area contributed by atoms with Gasteiger partial charge < -0.3 is 5.73 Å². The van der Waals surface area contributed by atoms with E-state index in [1.165, 1.54) is 0 Å². The Balaban J connectivity index is 2.68. The summed E-state index contributed by atoms with van der Waals surface area (Å²) in [5.74, 6) is -0.0963. The van der Waals surface area contributed by atoms with Gasteiger partial charge in [-0.2, -0.15) is 0 Å². The lowest BCUT2D eigenvalue weighted by molar-refractivity contribution is 0.245. The molecule has 0 spiro atoms. The molecule has 0 heterocycles. The van der Waals surface area contributed by atoms with Crippen molar-refractivity contribution < 1.29 is 4.39 Å². The van der Waals surface area contributed by atoms with Crippen LogP contribution < -0.4 is 5.73 Å². The fourth-order valence-corrected chi connectivity index (χ4v) is 1.53. The van der Waals surface area contributed by atoms with Crippen LogP contribution >= 0.6 is 11.6 Å². The summed E-state index contributed by atoms with van der Waals surface area (Å²) in [5, 5.41) is 0.723. The molecule has 84 valence electrons. The van der Waals surface area contributed by atoms with Crippen molar-refractivity contribution >= 4 is 11.6 Å². The minimum absolute atomic E-state index is 0.0963. The second-order valence-electron chi connectivity index (χ2n) is 4.02. The number of rotatable bonds is 4. The molecule has 2 atom stereocenters. The SMILES string of the molecule is Cc1cc(CC(F)C(C)CN)ccc1Cl. The van der Waals surface area contributed by atoms with Gasteiger partial charge in [-0.15, -0.1) is 0 Å². The Kier molecular flexibility index (Phi) is 4.55. The minimum atomic E-state index is -0.879. The maximum absolute atomic E-state index is 13.6. The summed E-state index contributed by atoms with van der Waals surface area (Å²) in [4.78, 5) is 0. The average molecular weight is 230 g/mol. The molecule has 2 unspecified atom stereocenters. The molecular weight excluding hydrogens is 213 g/mol. The normalized spacial score (nSPS) is 15.0. The van der Waals surface area contributed by atoms with Crippen LogP contribution in [0.1, 0.15) is 18.1 Å². The first kappa shape index (κ1) is 12.5. The fourth-order valence-electron chi connectivity index (χ4n) is 1.41. The zero-order valence-corrected chi connectivity index (χ0v) is 9.89. The molecule has 1 aromatic rings. The number of hydrogen-bond acceptors (Lipinski definition) is 1. The third-order valence-electron chi connectivity index (χ3n) is 2.64.